The summed E-state index contributed by atoms with van der Waals surface area (Å²) in [5.41, 5.74) is 3.85. The third-order valence-corrected chi connectivity index (χ3v) is 4.24. The lowest BCUT2D eigenvalue weighted by Crippen LogP contribution is -2.38. The van der Waals surface area contributed by atoms with E-state index < -0.39 is 0 Å². The normalized spacial score (nSPS) is 20.2. The largest absolute Gasteiger partial charge is 0.482 e. The van der Waals surface area contributed by atoms with Crippen LogP contribution in [0, 0.1) is 25.2 Å². The van der Waals surface area contributed by atoms with Crippen LogP contribution in [0.5, 0.6) is 5.75 Å². The second-order valence-corrected chi connectivity index (χ2v) is 5.86. The number of allylic oxidation sites excluding steroid dienone is 1. The van der Waals surface area contributed by atoms with Crippen molar-refractivity contribution in [2.24, 2.45) is 0 Å². The average molecular weight is 253 g/mol. The molecule has 1 aromatic carbocycles. The number of ether oxygens (including phenoxy) is 1. The molecule has 1 heterocycles. The minimum atomic E-state index is -0.226. The molecule has 2 aliphatic rings. The number of nitriles is 1. The van der Waals surface area contributed by atoms with E-state index >= 15 is 0 Å². The molecule has 3 rings (SSSR count). The van der Waals surface area contributed by atoms with Gasteiger partial charge in [-0.3, -0.25) is 0 Å². The van der Waals surface area contributed by atoms with Crippen LogP contribution < -0.4 is 4.74 Å². The van der Waals surface area contributed by atoms with Gasteiger partial charge in [0.1, 0.15) is 11.4 Å². The molecule has 1 aliphatic heterocycles. The molecule has 2 heteroatoms. The number of hydrogen-bond acceptors (Lipinski definition) is 2. The summed E-state index contributed by atoms with van der Waals surface area (Å²) in [5, 5.41) is 9.46. The molecule has 0 atom stereocenters. The highest BCUT2D eigenvalue weighted by molar-refractivity contribution is 5.83. The van der Waals surface area contributed by atoms with E-state index in [-0.39, 0.29) is 5.60 Å². The fourth-order valence-electron chi connectivity index (χ4n) is 3.35. The number of benzene rings is 1. The first-order valence-electron chi connectivity index (χ1n) is 7.07. The second-order valence-electron chi connectivity index (χ2n) is 5.86. The Labute approximate surface area is 114 Å². The molecule has 0 radical (unpaired) electrons. The summed E-state index contributed by atoms with van der Waals surface area (Å²) >= 11 is 0. The van der Waals surface area contributed by atoms with Gasteiger partial charge in [0, 0.05) is 5.56 Å². The molecule has 0 unspecified atom stereocenters. The average Bonchev–Trinajstić information content (AvgIpc) is 2.40. The van der Waals surface area contributed by atoms with Crippen molar-refractivity contribution in [3.05, 3.63) is 34.9 Å². The first kappa shape index (κ1) is 12.3. The Hall–Kier alpha value is -1.75. The molecule has 2 nitrogen and oxygen atoms in total. The molecular formula is C17H19NO. The van der Waals surface area contributed by atoms with Crippen LogP contribution in [0.2, 0.25) is 0 Å². The van der Waals surface area contributed by atoms with Gasteiger partial charge in [0.2, 0.25) is 0 Å². The molecule has 0 bridgehead atoms. The van der Waals surface area contributed by atoms with Crippen molar-refractivity contribution in [1.29, 1.82) is 5.26 Å². The van der Waals surface area contributed by atoms with E-state index in [1.165, 1.54) is 24.8 Å². The summed E-state index contributed by atoms with van der Waals surface area (Å²) in [6.45, 7) is 4.13. The van der Waals surface area contributed by atoms with Crippen LogP contribution in [-0.2, 0) is 0 Å². The Morgan fingerprint density at radius 1 is 1.16 bits per heavy atom. The van der Waals surface area contributed by atoms with Crippen LogP contribution in [0.25, 0.3) is 5.57 Å². The highest BCUT2D eigenvalue weighted by Gasteiger charge is 2.37. The van der Waals surface area contributed by atoms with E-state index in [0.29, 0.717) is 0 Å². The first-order chi connectivity index (χ1) is 9.13. The lowest BCUT2D eigenvalue weighted by atomic mass is 9.80. The van der Waals surface area contributed by atoms with Crippen LogP contribution in [0.4, 0.5) is 0 Å². The van der Waals surface area contributed by atoms with Gasteiger partial charge in [-0.2, -0.15) is 5.26 Å². The summed E-state index contributed by atoms with van der Waals surface area (Å²) in [6, 6.07) is 6.56. The molecule has 1 fully saturated rings. The lowest BCUT2D eigenvalue weighted by Gasteiger charge is -2.39. The summed E-state index contributed by atoms with van der Waals surface area (Å²) < 4.78 is 6.35. The Morgan fingerprint density at radius 3 is 2.58 bits per heavy atom. The number of rotatable bonds is 0. The lowest BCUT2D eigenvalue weighted by molar-refractivity contribution is 0.0739. The molecule has 19 heavy (non-hydrogen) atoms. The topological polar surface area (TPSA) is 33.0 Å². The molecule has 98 valence electrons. The van der Waals surface area contributed by atoms with Gasteiger partial charge in [-0.25, -0.2) is 0 Å². The number of aryl methyl sites for hydroxylation is 2. The Kier molecular flexibility index (Phi) is 2.86. The van der Waals surface area contributed by atoms with Gasteiger partial charge in [-0.05, 0) is 62.8 Å². The molecule has 0 saturated heterocycles. The predicted molar refractivity (Wildman–Crippen MR) is 76.0 cm³/mol. The number of hydrogen-bond donors (Lipinski definition) is 0. The highest BCUT2D eigenvalue weighted by atomic mass is 16.5. The summed E-state index contributed by atoms with van der Waals surface area (Å²) in [7, 11) is 0. The van der Waals surface area contributed by atoms with E-state index in [1.807, 2.05) is 0 Å². The Morgan fingerprint density at radius 2 is 1.89 bits per heavy atom. The van der Waals surface area contributed by atoms with E-state index in [0.717, 1.165) is 35.3 Å². The zero-order chi connectivity index (χ0) is 13.5. The van der Waals surface area contributed by atoms with Gasteiger partial charge in [-0.15, -0.1) is 0 Å². The quantitative estimate of drug-likeness (QED) is 0.690. The third-order valence-electron chi connectivity index (χ3n) is 4.24. The fraction of sp³-hybridized carbons (Fsp3) is 0.471. The van der Waals surface area contributed by atoms with Crippen LogP contribution in [0.3, 0.4) is 0 Å². The summed E-state index contributed by atoms with van der Waals surface area (Å²) in [5.74, 6) is 0.923. The van der Waals surface area contributed by atoms with Crippen LogP contribution in [0.1, 0.15) is 48.8 Å². The zero-order valence-corrected chi connectivity index (χ0v) is 11.6. The van der Waals surface area contributed by atoms with Crippen molar-refractivity contribution in [2.45, 2.75) is 51.6 Å². The van der Waals surface area contributed by atoms with Crippen LogP contribution in [-0.4, -0.2) is 5.60 Å². The maximum absolute atomic E-state index is 9.46. The Bertz CT molecular complexity index is 586. The highest BCUT2D eigenvalue weighted by Crippen LogP contribution is 2.44. The molecule has 1 saturated carbocycles. The van der Waals surface area contributed by atoms with Crippen molar-refractivity contribution >= 4 is 5.57 Å². The summed E-state index contributed by atoms with van der Waals surface area (Å²) in [6.07, 6.45) is 7.80. The van der Waals surface area contributed by atoms with Crippen LogP contribution >= 0.6 is 0 Å². The van der Waals surface area contributed by atoms with Gasteiger partial charge >= 0.3 is 0 Å². The maximum atomic E-state index is 9.46. The van der Waals surface area contributed by atoms with E-state index in [1.54, 1.807) is 0 Å². The van der Waals surface area contributed by atoms with Crippen molar-refractivity contribution < 1.29 is 4.74 Å². The van der Waals surface area contributed by atoms with Crippen molar-refractivity contribution in [1.82, 2.24) is 0 Å². The van der Waals surface area contributed by atoms with Crippen molar-refractivity contribution in [2.75, 3.05) is 0 Å². The maximum Gasteiger partial charge on any atom is 0.132 e. The van der Waals surface area contributed by atoms with Gasteiger partial charge in [0.15, 0.2) is 0 Å². The van der Waals surface area contributed by atoms with Gasteiger partial charge in [-0.1, -0.05) is 12.5 Å². The second kappa shape index (κ2) is 4.42. The van der Waals surface area contributed by atoms with Crippen molar-refractivity contribution in [3.8, 4) is 11.8 Å². The monoisotopic (exact) mass is 253 g/mol. The van der Waals surface area contributed by atoms with Gasteiger partial charge in [0.05, 0.1) is 11.6 Å². The molecule has 0 aromatic heterocycles. The minimum Gasteiger partial charge on any atom is -0.482 e. The standard InChI is InChI=1S/C17H19NO/c1-12-8-13(2)16-15(9-12)14(11-18)10-17(19-16)6-4-3-5-7-17/h8-10H,3-7H2,1-2H3. The minimum absolute atomic E-state index is 0.226. The molecule has 1 aliphatic carbocycles. The number of fused-ring (bicyclic) bond motifs is 1. The predicted octanol–water partition coefficient (Wildman–Crippen LogP) is 4.31. The first-order valence-corrected chi connectivity index (χ1v) is 7.07. The smallest absolute Gasteiger partial charge is 0.132 e. The van der Waals surface area contributed by atoms with Crippen LogP contribution in [0.15, 0.2) is 18.2 Å². The fourth-order valence-corrected chi connectivity index (χ4v) is 3.35. The molecular weight excluding hydrogens is 234 g/mol. The number of nitrogens with zero attached hydrogens (tertiary/aromatic N) is 1. The van der Waals surface area contributed by atoms with Crippen molar-refractivity contribution in [3.63, 3.8) is 0 Å². The molecule has 0 amide bonds. The van der Waals surface area contributed by atoms with Gasteiger partial charge in [0.25, 0.3) is 0 Å². The summed E-state index contributed by atoms with van der Waals surface area (Å²) in [4.78, 5) is 0. The van der Waals surface area contributed by atoms with E-state index in [4.69, 9.17) is 4.74 Å². The van der Waals surface area contributed by atoms with E-state index in [9.17, 15) is 5.26 Å². The SMILES string of the molecule is Cc1cc(C)c2c(c1)C(C#N)=CC1(CCCCC1)O2. The van der Waals surface area contributed by atoms with Gasteiger partial charge < -0.3 is 4.74 Å². The Balaban J connectivity index is 2.13. The third kappa shape index (κ3) is 2.04. The molecule has 0 N–H and O–H groups in total. The molecule has 1 aromatic rings. The zero-order valence-electron chi connectivity index (χ0n) is 11.6. The van der Waals surface area contributed by atoms with E-state index in [2.05, 4.69) is 38.1 Å². The molecule has 1 spiro atoms.